The molecule has 2 heterocycles. The molecule has 6 heteroatoms. The van der Waals surface area contributed by atoms with Crippen LogP contribution in [0, 0.1) is 0 Å². The highest BCUT2D eigenvalue weighted by Crippen LogP contribution is 1.99. The molecule has 0 atom stereocenters. The van der Waals surface area contributed by atoms with Gasteiger partial charge in [-0.2, -0.15) is 5.10 Å². The Hall–Kier alpha value is -1.98. The van der Waals surface area contributed by atoms with E-state index in [1.165, 1.54) is 6.33 Å². The molecule has 0 amide bonds. The zero-order valence-electron chi connectivity index (χ0n) is 7.75. The summed E-state index contributed by atoms with van der Waals surface area (Å²) in [5.74, 6) is 1.51. The van der Waals surface area contributed by atoms with E-state index >= 15 is 0 Å². The van der Waals surface area contributed by atoms with E-state index in [9.17, 15) is 0 Å². The first-order chi connectivity index (χ1) is 6.84. The van der Waals surface area contributed by atoms with Gasteiger partial charge in [0.05, 0.1) is 6.54 Å². The quantitative estimate of drug-likeness (QED) is 0.749. The van der Waals surface area contributed by atoms with Crippen LogP contribution < -0.4 is 5.32 Å². The SMILES string of the molecule is Cn1cnc(CNc2ccncn2)n1. The molecule has 1 N–H and O–H groups in total. The summed E-state index contributed by atoms with van der Waals surface area (Å²) in [6.07, 6.45) is 4.84. The minimum atomic E-state index is 0.567. The van der Waals surface area contributed by atoms with Gasteiger partial charge in [-0.3, -0.25) is 4.68 Å². The zero-order chi connectivity index (χ0) is 9.80. The van der Waals surface area contributed by atoms with Crippen molar-refractivity contribution in [3.8, 4) is 0 Å². The number of nitrogens with zero attached hydrogens (tertiary/aromatic N) is 5. The zero-order valence-corrected chi connectivity index (χ0v) is 7.75. The Bertz CT molecular complexity index is 395. The van der Waals surface area contributed by atoms with Crippen LogP contribution in [0.2, 0.25) is 0 Å². The van der Waals surface area contributed by atoms with E-state index in [-0.39, 0.29) is 0 Å². The summed E-state index contributed by atoms with van der Waals surface area (Å²) in [4.78, 5) is 11.9. The molecule has 0 aliphatic heterocycles. The summed E-state index contributed by atoms with van der Waals surface area (Å²) in [7, 11) is 1.83. The Balaban J connectivity index is 1.95. The van der Waals surface area contributed by atoms with Gasteiger partial charge in [-0.25, -0.2) is 15.0 Å². The van der Waals surface area contributed by atoms with Gasteiger partial charge in [0.2, 0.25) is 0 Å². The van der Waals surface area contributed by atoms with E-state index in [0.717, 1.165) is 11.6 Å². The molecule has 0 saturated carbocycles. The Kier molecular flexibility index (Phi) is 2.35. The number of rotatable bonds is 3. The van der Waals surface area contributed by atoms with Crippen molar-refractivity contribution in [3.63, 3.8) is 0 Å². The Morgan fingerprint density at radius 1 is 1.43 bits per heavy atom. The molecule has 72 valence electrons. The first-order valence-electron chi connectivity index (χ1n) is 4.19. The Labute approximate surface area is 81.0 Å². The number of aromatic nitrogens is 5. The van der Waals surface area contributed by atoms with E-state index in [1.54, 1.807) is 23.3 Å². The maximum absolute atomic E-state index is 4.13. The topological polar surface area (TPSA) is 68.5 Å². The first kappa shape index (κ1) is 8.61. The number of hydrogen-bond donors (Lipinski definition) is 1. The third kappa shape index (κ3) is 2.03. The van der Waals surface area contributed by atoms with Gasteiger partial charge in [-0.05, 0) is 6.07 Å². The molecule has 2 aromatic rings. The molecular weight excluding hydrogens is 180 g/mol. The van der Waals surface area contributed by atoms with Crippen molar-refractivity contribution in [1.82, 2.24) is 24.7 Å². The molecule has 0 radical (unpaired) electrons. The minimum Gasteiger partial charge on any atom is -0.363 e. The van der Waals surface area contributed by atoms with Gasteiger partial charge in [-0.1, -0.05) is 0 Å². The lowest BCUT2D eigenvalue weighted by molar-refractivity contribution is 0.747. The van der Waals surface area contributed by atoms with Crippen molar-refractivity contribution in [1.29, 1.82) is 0 Å². The van der Waals surface area contributed by atoms with Gasteiger partial charge < -0.3 is 5.32 Å². The highest BCUT2D eigenvalue weighted by atomic mass is 15.3. The average molecular weight is 190 g/mol. The van der Waals surface area contributed by atoms with Crippen molar-refractivity contribution >= 4 is 5.82 Å². The predicted molar refractivity (Wildman–Crippen MR) is 50.4 cm³/mol. The molecule has 0 aromatic carbocycles. The molecule has 0 fully saturated rings. The van der Waals surface area contributed by atoms with Gasteiger partial charge in [-0.15, -0.1) is 0 Å². The molecule has 6 nitrogen and oxygen atoms in total. The minimum absolute atomic E-state index is 0.567. The summed E-state index contributed by atoms with van der Waals surface area (Å²) in [6, 6.07) is 1.79. The van der Waals surface area contributed by atoms with E-state index in [1.807, 2.05) is 7.05 Å². The largest absolute Gasteiger partial charge is 0.363 e. The maximum Gasteiger partial charge on any atom is 0.169 e. The van der Waals surface area contributed by atoms with Crippen LogP contribution in [0.25, 0.3) is 0 Å². The number of anilines is 1. The van der Waals surface area contributed by atoms with Crippen LogP contribution >= 0.6 is 0 Å². The summed E-state index contributed by atoms with van der Waals surface area (Å²) in [5, 5.41) is 7.21. The summed E-state index contributed by atoms with van der Waals surface area (Å²) in [6.45, 7) is 0.567. The van der Waals surface area contributed by atoms with Crippen LogP contribution in [0.3, 0.4) is 0 Å². The molecule has 2 rings (SSSR count). The van der Waals surface area contributed by atoms with Crippen molar-refractivity contribution in [2.75, 3.05) is 5.32 Å². The lowest BCUT2D eigenvalue weighted by Crippen LogP contribution is -2.03. The lowest BCUT2D eigenvalue weighted by Gasteiger charge is -2.00. The standard InChI is InChI=1S/C8H10N6/c1-14-6-12-8(13-14)4-10-7-2-3-9-5-11-7/h2-3,5-6H,4H2,1H3,(H,9,10,11). The third-order valence-corrected chi connectivity index (χ3v) is 1.66. The van der Waals surface area contributed by atoms with Crippen molar-refractivity contribution in [2.45, 2.75) is 6.54 Å². The first-order valence-corrected chi connectivity index (χ1v) is 4.19. The molecule has 0 aliphatic rings. The normalized spacial score (nSPS) is 10.1. The highest BCUT2D eigenvalue weighted by molar-refractivity contribution is 5.31. The van der Waals surface area contributed by atoms with Gasteiger partial charge in [0.1, 0.15) is 18.5 Å². The summed E-state index contributed by atoms with van der Waals surface area (Å²) in [5.41, 5.74) is 0. The van der Waals surface area contributed by atoms with Gasteiger partial charge in [0.25, 0.3) is 0 Å². The fourth-order valence-electron chi connectivity index (χ4n) is 1.03. The van der Waals surface area contributed by atoms with Crippen LogP contribution in [-0.2, 0) is 13.6 Å². The van der Waals surface area contributed by atoms with Gasteiger partial charge in [0.15, 0.2) is 5.82 Å². The van der Waals surface area contributed by atoms with E-state index in [4.69, 9.17) is 0 Å². The Morgan fingerprint density at radius 2 is 2.36 bits per heavy atom. The number of hydrogen-bond acceptors (Lipinski definition) is 5. The average Bonchev–Trinajstić information content (AvgIpc) is 2.63. The highest BCUT2D eigenvalue weighted by Gasteiger charge is 1.98. The monoisotopic (exact) mass is 190 g/mol. The van der Waals surface area contributed by atoms with Crippen molar-refractivity contribution in [2.24, 2.45) is 7.05 Å². The van der Waals surface area contributed by atoms with Crippen LogP contribution in [0.1, 0.15) is 5.82 Å². The molecule has 0 saturated heterocycles. The molecular formula is C8H10N6. The predicted octanol–water partition coefficient (Wildman–Crippen LogP) is 0.217. The van der Waals surface area contributed by atoms with Crippen LogP contribution in [0.5, 0.6) is 0 Å². The fourth-order valence-corrected chi connectivity index (χ4v) is 1.03. The van der Waals surface area contributed by atoms with Gasteiger partial charge >= 0.3 is 0 Å². The van der Waals surface area contributed by atoms with E-state index in [2.05, 4.69) is 25.4 Å². The second-order valence-electron chi connectivity index (χ2n) is 2.78. The molecule has 0 aliphatic carbocycles. The summed E-state index contributed by atoms with van der Waals surface area (Å²) < 4.78 is 1.66. The molecule has 2 aromatic heterocycles. The molecule has 0 spiro atoms. The smallest absolute Gasteiger partial charge is 0.169 e. The van der Waals surface area contributed by atoms with Crippen molar-refractivity contribution in [3.05, 3.63) is 30.7 Å². The number of nitrogens with one attached hydrogen (secondary N) is 1. The molecule has 0 bridgehead atoms. The van der Waals surface area contributed by atoms with E-state index in [0.29, 0.717) is 6.54 Å². The second-order valence-corrected chi connectivity index (χ2v) is 2.78. The Morgan fingerprint density at radius 3 is 3.00 bits per heavy atom. The van der Waals surface area contributed by atoms with E-state index < -0.39 is 0 Å². The second kappa shape index (κ2) is 3.82. The maximum atomic E-state index is 4.13. The lowest BCUT2D eigenvalue weighted by atomic mass is 10.5. The fraction of sp³-hybridized carbons (Fsp3) is 0.250. The molecule has 0 unspecified atom stereocenters. The molecule has 14 heavy (non-hydrogen) atoms. The van der Waals surface area contributed by atoms with Crippen LogP contribution in [-0.4, -0.2) is 24.7 Å². The third-order valence-electron chi connectivity index (χ3n) is 1.66. The van der Waals surface area contributed by atoms with Crippen LogP contribution in [0.4, 0.5) is 5.82 Å². The number of aryl methyl sites for hydroxylation is 1. The van der Waals surface area contributed by atoms with Crippen molar-refractivity contribution < 1.29 is 0 Å². The summed E-state index contributed by atoms with van der Waals surface area (Å²) >= 11 is 0. The van der Waals surface area contributed by atoms with Crippen LogP contribution in [0.15, 0.2) is 24.9 Å². The van der Waals surface area contributed by atoms with Gasteiger partial charge in [0, 0.05) is 13.2 Å².